The molecule has 0 aromatic rings. The Morgan fingerprint density at radius 2 is 1.90 bits per heavy atom. The van der Waals surface area contributed by atoms with Crippen LogP contribution in [0.3, 0.4) is 0 Å². The maximum absolute atomic E-state index is 12.3. The average molecular weight is 296 g/mol. The van der Waals surface area contributed by atoms with Gasteiger partial charge in [-0.15, -0.1) is 0 Å². The van der Waals surface area contributed by atoms with E-state index in [2.05, 4.69) is 10.3 Å². The molecular weight excluding hydrogens is 272 g/mol. The first kappa shape index (κ1) is 14.4. The van der Waals surface area contributed by atoms with Gasteiger partial charge in [0, 0.05) is 13.2 Å². The summed E-state index contributed by atoms with van der Waals surface area (Å²) in [5, 5.41) is 4.38. The number of carbonyl (C=O) groups excluding carboxylic acids is 1. The van der Waals surface area contributed by atoms with Crippen LogP contribution in [0.1, 0.15) is 57.8 Å². The van der Waals surface area contributed by atoms with Crippen molar-refractivity contribution in [3.05, 3.63) is 0 Å². The summed E-state index contributed by atoms with van der Waals surface area (Å²) in [6, 6.07) is 0.522. The third-order valence-corrected chi connectivity index (χ3v) is 6.27. The van der Waals surface area contributed by atoms with E-state index in [9.17, 15) is 4.79 Å². The maximum atomic E-state index is 12.3. The van der Waals surface area contributed by atoms with Crippen molar-refractivity contribution in [2.75, 3.05) is 7.11 Å². The molecule has 2 fully saturated rings. The highest BCUT2D eigenvalue weighted by Gasteiger charge is 2.47. The lowest BCUT2D eigenvalue weighted by atomic mass is 9.86. The number of hydrogen-bond donors (Lipinski definition) is 1. The quantitative estimate of drug-likeness (QED) is 0.851. The molecule has 112 valence electrons. The summed E-state index contributed by atoms with van der Waals surface area (Å²) in [5.41, 5.74) is 0. The first-order valence-electron chi connectivity index (χ1n) is 7.83. The van der Waals surface area contributed by atoms with E-state index in [1.807, 2.05) is 0 Å². The number of carbonyl (C=O) groups is 1. The minimum Gasteiger partial charge on any atom is -0.381 e. The Morgan fingerprint density at radius 3 is 2.55 bits per heavy atom. The van der Waals surface area contributed by atoms with E-state index >= 15 is 0 Å². The number of methoxy groups -OCH3 is 1. The zero-order chi connectivity index (χ0) is 14.0. The molecule has 0 unspecified atom stereocenters. The highest BCUT2D eigenvalue weighted by molar-refractivity contribution is 8.16. The first-order valence-corrected chi connectivity index (χ1v) is 8.65. The molecule has 0 atom stereocenters. The normalized spacial score (nSPS) is 35.4. The smallest absolute Gasteiger partial charge is 0.264 e. The molecule has 1 amide bonds. The Hall–Kier alpha value is -0.550. The molecule has 3 aliphatic rings. The number of hydrogen-bond acceptors (Lipinski definition) is 4. The predicted molar refractivity (Wildman–Crippen MR) is 82.0 cm³/mol. The summed E-state index contributed by atoms with van der Waals surface area (Å²) in [5.74, 6) is 0.0790. The van der Waals surface area contributed by atoms with Crippen molar-refractivity contribution in [3.63, 3.8) is 0 Å². The van der Waals surface area contributed by atoms with E-state index in [0.717, 1.165) is 30.9 Å². The van der Waals surface area contributed by atoms with E-state index < -0.39 is 0 Å². The monoisotopic (exact) mass is 296 g/mol. The van der Waals surface area contributed by atoms with Gasteiger partial charge >= 0.3 is 0 Å². The third kappa shape index (κ3) is 2.89. The molecule has 5 heteroatoms. The minimum atomic E-state index is -0.286. The highest BCUT2D eigenvalue weighted by Crippen LogP contribution is 2.45. The van der Waals surface area contributed by atoms with Gasteiger partial charge in [0.15, 0.2) is 5.17 Å². The van der Waals surface area contributed by atoms with Gasteiger partial charge in [-0.05, 0) is 38.5 Å². The Balaban J connectivity index is 1.58. The number of nitrogens with one attached hydrogen (secondary N) is 1. The summed E-state index contributed by atoms with van der Waals surface area (Å²) in [7, 11) is 1.76. The van der Waals surface area contributed by atoms with E-state index in [1.54, 1.807) is 18.9 Å². The van der Waals surface area contributed by atoms with Crippen LogP contribution in [0, 0.1) is 0 Å². The number of rotatable bonds is 2. The molecule has 1 aliphatic heterocycles. The Kier molecular flexibility index (Phi) is 4.36. The predicted octanol–water partition coefficient (Wildman–Crippen LogP) is 2.87. The maximum Gasteiger partial charge on any atom is 0.264 e. The van der Waals surface area contributed by atoms with E-state index in [4.69, 9.17) is 4.74 Å². The van der Waals surface area contributed by atoms with Gasteiger partial charge in [-0.3, -0.25) is 4.79 Å². The topological polar surface area (TPSA) is 50.7 Å². The molecule has 1 N–H and O–H groups in total. The zero-order valence-corrected chi connectivity index (χ0v) is 13.0. The third-order valence-electron chi connectivity index (χ3n) is 4.89. The van der Waals surface area contributed by atoms with Gasteiger partial charge in [-0.25, -0.2) is 0 Å². The second-order valence-electron chi connectivity index (χ2n) is 6.23. The van der Waals surface area contributed by atoms with Gasteiger partial charge < -0.3 is 10.1 Å². The van der Waals surface area contributed by atoms with Crippen LogP contribution in [0.15, 0.2) is 4.99 Å². The summed E-state index contributed by atoms with van der Waals surface area (Å²) in [4.78, 5) is 16.6. The number of thioether (sulfide) groups is 1. The fourth-order valence-electron chi connectivity index (χ4n) is 3.54. The second-order valence-corrected chi connectivity index (χ2v) is 7.61. The van der Waals surface area contributed by atoms with Crippen molar-refractivity contribution in [3.8, 4) is 0 Å². The van der Waals surface area contributed by atoms with Crippen LogP contribution in [0.25, 0.3) is 0 Å². The van der Waals surface area contributed by atoms with Crippen LogP contribution >= 0.6 is 11.8 Å². The van der Waals surface area contributed by atoms with E-state index in [-0.39, 0.29) is 10.7 Å². The Labute approximate surface area is 125 Å². The van der Waals surface area contributed by atoms with Crippen LogP contribution < -0.4 is 5.32 Å². The van der Waals surface area contributed by atoms with Crippen LogP contribution in [0.2, 0.25) is 0 Å². The van der Waals surface area contributed by atoms with Crippen LogP contribution in [-0.2, 0) is 9.53 Å². The number of ether oxygens (including phenoxy) is 1. The largest absolute Gasteiger partial charge is 0.381 e. The number of amides is 1. The SMILES string of the molecule is COC1CCC2(CC1)SC(NC1CCCCC1)=NC2=O. The molecular formula is C15H24N2O2S. The molecule has 4 nitrogen and oxygen atoms in total. The van der Waals surface area contributed by atoms with Crippen LogP contribution in [0.5, 0.6) is 0 Å². The van der Waals surface area contributed by atoms with Crippen LogP contribution in [-0.4, -0.2) is 35.1 Å². The summed E-state index contributed by atoms with van der Waals surface area (Å²) in [6.07, 6.45) is 10.4. The van der Waals surface area contributed by atoms with Crippen molar-refractivity contribution in [2.24, 2.45) is 4.99 Å². The molecule has 1 spiro atoms. The van der Waals surface area contributed by atoms with Crippen molar-refractivity contribution in [1.82, 2.24) is 5.32 Å². The molecule has 0 aromatic carbocycles. The fraction of sp³-hybridized carbons (Fsp3) is 0.867. The van der Waals surface area contributed by atoms with Gasteiger partial charge in [-0.1, -0.05) is 31.0 Å². The van der Waals surface area contributed by atoms with Gasteiger partial charge in [0.05, 0.1) is 6.10 Å². The molecule has 2 saturated carbocycles. The molecule has 2 aliphatic carbocycles. The van der Waals surface area contributed by atoms with E-state index in [0.29, 0.717) is 12.1 Å². The molecule has 3 rings (SSSR count). The lowest BCUT2D eigenvalue weighted by Crippen LogP contribution is -2.39. The second kappa shape index (κ2) is 6.06. The molecule has 0 radical (unpaired) electrons. The van der Waals surface area contributed by atoms with Crippen molar-refractivity contribution in [1.29, 1.82) is 0 Å². The molecule has 0 saturated heterocycles. The minimum absolute atomic E-state index is 0.0790. The molecule has 1 heterocycles. The first-order chi connectivity index (χ1) is 9.72. The van der Waals surface area contributed by atoms with Gasteiger partial charge in [0.25, 0.3) is 5.91 Å². The number of aliphatic imine (C=N–C) groups is 1. The summed E-state index contributed by atoms with van der Waals surface area (Å²) >= 11 is 1.68. The Bertz CT molecular complexity index is 397. The fourth-order valence-corrected chi connectivity index (χ4v) is 4.84. The standard InChI is InChI=1S/C15H24N2O2S/c1-19-12-7-9-15(10-8-12)13(18)17-14(20-15)16-11-5-3-2-4-6-11/h11-12H,2-10H2,1H3,(H,16,17,18). The zero-order valence-electron chi connectivity index (χ0n) is 12.2. The lowest BCUT2D eigenvalue weighted by Gasteiger charge is -2.33. The van der Waals surface area contributed by atoms with Crippen LogP contribution in [0.4, 0.5) is 0 Å². The number of nitrogens with zero attached hydrogens (tertiary/aromatic N) is 1. The average Bonchev–Trinajstić information content (AvgIpc) is 2.77. The van der Waals surface area contributed by atoms with Gasteiger partial charge in [-0.2, -0.15) is 4.99 Å². The van der Waals surface area contributed by atoms with Gasteiger partial charge in [0.2, 0.25) is 0 Å². The van der Waals surface area contributed by atoms with Crippen molar-refractivity contribution >= 4 is 22.8 Å². The highest BCUT2D eigenvalue weighted by atomic mass is 32.2. The van der Waals surface area contributed by atoms with E-state index in [1.165, 1.54) is 32.1 Å². The van der Waals surface area contributed by atoms with Gasteiger partial charge in [0.1, 0.15) is 4.75 Å². The molecule has 0 bridgehead atoms. The summed E-state index contributed by atoms with van der Waals surface area (Å²) < 4.78 is 5.12. The lowest BCUT2D eigenvalue weighted by molar-refractivity contribution is -0.121. The molecule has 20 heavy (non-hydrogen) atoms. The Morgan fingerprint density at radius 1 is 1.20 bits per heavy atom. The summed E-state index contributed by atoms with van der Waals surface area (Å²) in [6.45, 7) is 0. The van der Waals surface area contributed by atoms with Crippen molar-refractivity contribution in [2.45, 2.75) is 74.7 Å². The molecule has 0 aromatic heterocycles. The van der Waals surface area contributed by atoms with Crippen molar-refractivity contribution < 1.29 is 9.53 Å². The number of amidine groups is 1.